The van der Waals surface area contributed by atoms with Gasteiger partial charge in [-0.3, -0.25) is 14.5 Å². The maximum absolute atomic E-state index is 12.8. The highest BCUT2D eigenvalue weighted by Gasteiger charge is 2.26. The van der Waals surface area contributed by atoms with Crippen LogP contribution in [-0.4, -0.2) is 53.9 Å². The van der Waals surface area contributed by atoms with Crippen molar-refractivity contribution in [1.82, 2.24) is 9.80 Å². The molecule has 4 rings (SSSR count). The van der Waals surface area contributed by atoms with Gasteiger partial charge in [0.15, 0.2) is 11.9 Å². The summed E-state index contributed by atoms with van der Waals surface area (Å²) >= 11 is 0. The molecule has 1 aromatic heterocycles. The van der Waals surface area contributed by atoms with Crippen molar-refractivity contribution in [1.29, 1.82) is 0 Å². The predicted molar refractivity (Wildman–Crippen MR) is 121 cm³/mol. The summed E-state index contributed by atoms with van der Waals surface area (Å²) in [6, 6.07) is 20.6. The third kappa shape index (κ3) is 5.56. The molecule has 166 valence electrons. The molecular weight excluding hydrogens is 406 g/mol. The molecule has 1 fully saturated rings. The van der Waals surface area contributed by atoms with E-state index in [1.807, 2.05) is 23.1 Å². The Balaban J connectivity index is 1.24. The molecule has 7 heteroatoms. The minimum atomic E-state index is -0.584. The first-order chi connectivity index (χ1) is 15.6. The van der Waals surface area contributed by atoms with E-state index in [-0.39, 0.29) is 17.6 Å². The topological polar surface area (TPSA) is 75.0 Å². The van der Waals surface area contributed by atoms with Gasteiger partial charge in [-0.1, -0.05) is 30.3 Å². The number of ether oxygens (including phenoxy) is 1. The summed E-state index contributed by atoms with van der Waals surface area (Å²) in [7, 11) is 0. The zero-order chi connectivity index (χ0) is 22.3. The van der Waals surface area contributed by atoms with Crippen LogP contribution < -0.4 is 10.1 Å². The van der Waals surface area contributed by atoms with Crippen LogP contribution in [0.4, 0.5) is 5.69 Å². The number of carbonyl (C=O) groups is 2. The molecule has 0 saturated carbocycles. The van der Waals surface area contributed by atoms with Gasteiger partial charge in [-0.15, -0.1) is 0 Å². The number of rotatable bonds is 7. The average Bonchev–Trinajstić information content (AvgIpc) is 3.36. The van der Waals surface area contributed by atoms with Crippen LogP contribution in [0.5, 0.6) is 5.75 Å². The third-order valence-electron chi connectivity index (χ3n) is 5.45. The summed E-state index contributed by atoms with van der Waals surface area (Å²) < 4.78 is 10.9. The highest BCUT2D eigenvalue weighted by atomic mass is 16.5. The van der Waals surface area contributed by atoms with E-state index in [0.29, 0.717) is 24.5 Å². The molecule has 1 unspecified atom stereocenters. The first-order valence-electron chi connectivity index (χ1n) is 10.7. The fourth-order valence-electron chi connectivity index (χ4n) is 3.70. The van der Waals surface area contributed by atoms with Gasteiger partial charge in [0.25, 0.3) is 11.8 Å². The van der Waals surface area contributed by atoms with Crippen LogP contribution in [0.15, 0.2) is 77.4 Å². The molecule has 32 heavy (non-hydrogen) atoms. The number of benzene rings is 2. The Morgan fingerprint density at radius 3 is 2.34 bits per heavy atom. The summed E-state index contributed by atoms with van der Waals surface area (Å²) in [5, 5.41) is 2.75. The number of piperazine rings is 1. The predicted octanol–water partition coefficient (Wildman–Crippen LogP) is 3.64. The molecule has 1 aliphatic heterocycles. The van der Waals surface area contributed by atoms with Crippen molar-refractivity contribution < 1.29 is 18.7 Å². The summed E-state index contributed by atoms with van der Waals surface area (Å²) in [6.45, 7) is 5.74. The fourth-order valence-corrected chi connectivity index (χ4v) is 3.70. The number of hydrogen-bond donors (Lipinski definition) is 1. The SMILES string of the molecule is CC(Oc1ccc(NC(=O)c2ccco2)cc1)C(=O)N1CCN(Cc2ccccc2)CC1. The molecule has 0 spiro atoms. The van der Waals surface area contributed by atoms with Gasteiger partial charge in [0.2, 0.25) is 0 Å². The van der Waals surface area contributed by atoms with E-state index in [1.54, 1.807) is 43.3 Å². The number of hydrogen-bond acceptors (Lipinski definition) is 5. The monoisotopic (exact) mass is 433 g/mol. The molecule has 1 N–H and O–H groups in total. The standard InChI is InChI=1S/C25H27N3O4/c1-19(25(30)28-15-13-27(14-16-28)18-20-6-3-2-4-7-20)32-22-11-9-21(10-12-22)26-24(29)23-8-5-17-31-23/h2-12,17,19H,13-16,18H2,1H3,(H,26,29). The molecule has 2 aromatic carbocycles. The quantitative estimate of drug-likeness (QED) is 0.616. The molecule has 7 nitrogen and oxygen atoms in total. The van der Waals surface area contributed by atoms with Crippen LogP contribution >= 0.6 is 0 Å². The number of nitrogens with one attached hydrogen (secondary N) is 1. The molecule has 3 aromatic rings. The number of carbonyl (C=O) groups excluding carboxylic acids is 2. The van der Waals surface area contributed by atoms with E-state index in [0.717, 1.165) is 19.6 Å². The van der Waals surface area contributed by atoms with Crippen LogP contribution in [0.1, 0.15) is 23.0 Å². The summed E-state index contributed by atoms with van der Waals surface area (Å²) in [6.07, 6.45) is 0.868. The van der Waals surface area contributed by atoms with E-state index < -0.39 is 6.10 Å². The van der Waals surface area contributed by atoms with Crippen molar-refractivity contribution >= 4 is 17.5 Å². The van der Waals surface area contributed by atoms with Gasteiger partial charge in [-0.2, -0.15) is 0 Å². The van der Waals surface area contributed by atoms with Gasteiger partial charge in [0, 0.05) is 38.4 Å². The Labute approximate surface area is 187 Å². The molecule has 1 aliphatic rings. The summed E-state index contributed by atoms with van der Waals surface area (Å²) in [5.41, 5.74) is 1.90. The average molecular weight is 434 g/mol. The molecule has 2 amide bonds. The largest absolute Gasteiger partial charge is 0.481 e. The van der Waals surface area contributed by atoms with Crippen LogP contribution in [-0.2, 0) is 11.3 Å². The highest BCUT2D eigenvalue weighted by Crippen LogP contribution is 2.19. The molecule has 0 bridgehead atoms. The van der Waals surface area contributed by atoms with E-state index >= 15 is 0 Å². The van der Waals surface area contributed by atoms with Crippen LogP contribution in [0.3, 0.4) is 0 Å². The first-order valence-corrected chi connectivity index (χ1v) is 10.7. The highest BCUT2D eigenvalue weighted by molar-refractivity contribution is 6.02. The minimum Gasteiger partial charge on any atom is -0.481 e. The first kappa shape index (κ1) is 21.6. The van der Waals surface area contributed by atoms with Crippen LogP contribution in [0.25, 0.3) is 0 Å². The zero-order valence-corrected chi connectivity index (χ0v) is 18.1. The lowest BCUT2D eigenvalue weighted by atomic mass is 10.2. The Morgan fingerprint density at radius 2 is 1.69 bits per heavy atom. The van der Waals surface area contributed by atoms with Gasteiger partial charge >= 0.3 is 0 Å². The Morgan fingerprint density at radius 1 is 0.969 bits per heavy atom. The second-order valence-corrected chi connectivity index (χ2v) is 7.80. The van der Waals surface area contributed by atoms with Crippen molar-refractivity contribution in [3.8, 4) is 5.75 Å². The zero-order valence-electron chi connectivity index (χ0n) is 18.1. The molecule has 1 atom stereocenters. The normalized spacial score (nSPS) is 15.2. The van der Waals surface area contributed by atoms with Crippen LogP contribution in [0, 0.1) is 0 Å². The lowest BCUT2D eigenvalue weighted by molar-refractivity contribution is -0.139. The molecule has 0 aliphatic carbocycles. The van der Waals surface area contributed by atoms with Gasteiger partial charge in [0.1, 0.15) is 5.75 Å². The maximum Gasteiger partial charge on any atom is 0.291 e. The van der Waals surface area contributed by atoms with Crippen molar-refractivity contribution in [3.63, 3.8) is 0 Å². The summed E-state index contributed by atoms with van der Waals surface area (Å²) in [4.78, 5) is 29.1. The van der Waals surface area contributed by atoms with Gasteiger partial charge in [-0.25, -0.2) is 0 Å². The molecule has 1 saturated heterocycles. The third-order valence-corrected chi connectivity index (χ3v) is 5.45. The van der Waals surface area contributed by atoms with Crippen molar-refractivity contribution in [3.05, 3.63) is 84.3 Å². The lowest BCUT2D eigenvalue weighted by Gasteiger charge is -2.35. The van der Waals surface area contributed by atoms with Gasteiger partial charge in [-0.05, 0) is 48.9 Å². The smallest absolute Gasteiger partial charge is 0.291 e. The van der Waals surface area contributed by atoms with Crippen LogP contribution in [0.2, 0.25) is 0 Å². The second kappa shape index (κ2) is 10.2. The van der Waals surface area contributed by atoms with E-state index in [2.05, 4.69) is 22.3 Å². The second-order valence-electron chi connectivity index (χ2n) is 7.80. The fraction of sp³-hybridized carbons (Fsp3) is 0.280. The number of furan rings is 1. The number of nitrogens with zero attached hydrogens (tertiary/aromatic N) is 2. The minimum absolute atomic E-state index is 0.0143. The molecule has 0 radical (unpaired) electrons. The van der Waals surface area contributed by atoms with Crippen molar-refractivity contribution in [2.24, 2.45) is 0 Å². The Bertz CT molecular complexity index is 1010. The van der Waals surface area contributed by atoms with E-state index in [1.165, 1.54) is 11.8 Å². The summed E-state index contributed by atoms with van der Waals surface area (Å²) in [5.74, 6) is 0.483. The van der Waals surface area contributed by atoms with Crippen molar-refractivity contribution in [2.45, 2.75) is 19.6 Å². The Hall–Kier alpha value is -3.58. The van der Waals surface area contributed by atoms with Gasteiger partial charge in [0.05, 0.1) is 6.26 Å². The van der Waals surface area contributed by atoms with E-state index in [4.69, 9.17) is 9.15 Å². The van der Waals surface area contributed by atoms with Gasteiger partial charge < -0.3 is 19.4 Å². The Kier molecular flexibility index (Phi) is 6.87. The molecule has 2 heterocycles. The number of anilines is 1. The molecular formula is C25H27N3O4. The lowest BCUT2D eigenvalue weighted by Crippen LogP contribution is -2.51. The maximum atomic E-state index is 12.8. The van der Waals surface area contributed by atoms with E-state index in [9.17, 15) is 9.59 Å². The number of amides is 2. The van der Waals surface area contributed by atoms with Crippen molar-refractivity contribution in [2.75, 3.05) is 31.5 Å².